The highest BCUT2D eigenvalue weighted by atomic mass is 16.5. The van der Waals surface area contributed by atoms with Crippen LogP contribution in [0, 0.1) is 5.92 Å². The number of benzene rings is 1. The molecule has 110 valence electrons. The van der Waals surface area contributed by atoms with Crippen LogP contribution in [0.2, 0.25) is 0 Å². The van der Waals surface area contributed by atoms with Crippen molar-refractivity contribution in [3.05, 3.63) is 24.3 Å². The lowest BCUT2D eigenvalue weighted by Gasteiger charge is -2.33. The lowest BCUT2D eigenvalue weighted by atomic mass is 9.92. The average Bonchev–Trinajstić information content (AvgIpc) is 2.46. The van der Waals surface area contributed by atoms with E-state index in [0.717, 1.165) is 12.8 Å². The van der Waals surface area contributed by atoms with Gasteiger partial charge in [-0.05, 0) is 37.8 Å². The van der Waals surface area contributed by atoms with Crippen molar-refractivity contribution >= 4 is 5.91 Å². The van der Waals surface area contributed by atoms with Gasteiger partial charge in [-0.3, -0.25) is 4.79 Å². The Morgan fingerprint density at radius 3 is 2.65 bits per heavy atom. The Kier molecular flexibility index (Phi) is 4.84. The molecule has 1 aliphatic heterocycles. The first-order valence-corrected chi connectivity index (χ1v) is 6.94. The molecule has 0 radical (unpaired) electrons. The molecule has 5 heteroatoms. The standard InChI is InChI=1S/C15H21NO4/c1-11(17)12-6-8-16(9-7-12)15(19)10-20-14-5-3-2-4-13(14)18/h2-5,11-12,17-18H,6-10H2,1H3. The summed E-state index contributed by atoms with van der Waals surface area (Å²) in [6.07, 6.45) is 1.32. The van der Waals surface area contributed by atoms with Gasteiger partial charge in [-0.1, -0.05) is 12.1 Å². The van der Waals surface area contributed by atoms with Gasteiger partial charge in [-0.2, -0.15) is 0 Å². The van der Waals surface area contributed by atoms with Crippen LogP contribution in [0.15, 0.2) is 24.3 Å². The summed E-state index contributed by atoms with van der Waals surface area (Å²) in [7, 11) is 0. The van der Waals surface area contributed by atoms with E-state index >= 15 is 0 Å². The van der Waals surface area contributed by atoms with Gasteiger partial charge in [0.2, 0.25) is 0 Å². The Hall–Kier alpha value is -1.75. The second-order valence-electron chi connectivity index (χ2n) is 5.22. The molecular weight excluding hydrogens is 258 g/mol. The number of piperidine rings is 1. The number of nitrogens with zero attached hydrogens (tertiary/aromatic N) is 1. The summed E-state index contributed by atoms with van der Waals surface area (Å²) in [5.74, 6) is 0.545. The third-order valence-corrected chi connectivity index (χ3v) is 3.79. The first kappa shape index (κ1) is 14.7. The number of phenolic OH excluding ortho intramolecular Hbond substituents is 1. The number of hydrogen-bond acceptors (Lipinski definition) is 4. The molecule has 0 spiro atoms. The molecule has 1 atom stereocenters. The predicted molar refractivity (Wildman–Crippen MR) is 74.6 cm³/mol. The Morgan fingerprint density at radius 2 is 2.05 bits per heavy atom. The number of carbonyl (C=O) groups is 1. The van der Waals surface area contributed by atoms with Crippen molar-refractivity contribution in [2.45, 2.75) is 25.9 Å². The number of rotatable bonds is 4. The molecule has 1 aliphatic rings. The van der Waals surface area contributed by atoms with Crippen LogP contribution in [0.1, 0.15) is 19.8 Å². The number of aliphatic hydroxyl groups excluding tert-OH is 1. The second-order valence-corrected chi connectivity index (χ2v) is 5.22. The maximum Gasteiger partial charge on any atom is 0.260 e. The van der Waals surface area contributed by atoms with E-state index in [1.165, 1.54) is 6.07 Å². The first-order chi connectivity index (χ1) is 9.58. The number of likely N-dealkylation sites (tertiary alicyclic amines) is 1. The number of ether oxygens (including phenoxy) is 1. The van der Waals surface area contributed by atoms with E-state index in [0.29, 0.717) is 18.8 Å². The Balaban J connectivity index is 1.80. The van der Waals surface area contributed by atoms with Gasteiger partial charge in [0.1, 0.15) is 0 Å². The fourth-order valence-corrected chi connectivity index (χ4v) is 2.44. The number of carbonyl (C=O) groups excluding carboxylic acids is 1. The van der Waals surface area contributed by atoms with Gasteiger partial charge in [0.15, 0.2) is 18.1 Å². The van der Waals surface area contributed by atoms with E-state index in [-0.39, 0.29) is 30.3 Å². The maximum atomic E-state index is 12.0. The van der Waals surface area contributed by atoms with Crippen molar-refractivity contribution < 1.29 is 19.7 Å². The molecule has 0 aromatic heterocycles. The van der Waals surface area contributed by atoms with Crippen molar-refractivity contribution in [3.63, 3.8) is 0 Å². The van der Waals surface area contributed by atoms with Crippen LogP contribution in [0.3, 0.4) is 0 Å². The molecule has 1 heterocycles. The van der Waals surface area contributed by atoms with Gasteiger partial charge >= 0.3 is 0 Å². The fourth-order valence-electron chi connectivity index (χ4n) is 2.44. The Bertz CT molecular complexity index is 453. The van der Waals surface area contributed by atoms with E-state index < -0.39 is 0 Å². The van der Waals surface area contributed by atoms with Crippen LogP contribution in [0.25, 0.3) is 0 Å². The van der Waals surface area contributed by atoms with Crippen molar-refractivity contribution in [1.82, 2.24) is 4.90 Å². The fraction of sp³-hybridized carbons (Fsp3) is 0.533. The minimum absolute atomic E-state index is 0.0353. The molecule has 1 amide bonds. The minimum Gasteiger partial charge on any atom is -0.504 e. The van der Waals surface area contributed by atoms with E-state index in [2.05, 4.69) is 0 Å². The number of hydrogen-bond donors (Lipinski definition) is 2. The smallest absolute Gasteiger partial charge is 0.260 e. The van der Waals surface area contributed by atoms with Crippen LogP contribution in [-0.2, 0) is 4.79 Å². The van der Waals surface area contributed by atoms with Gasteiger partial charge in [-0.25, -0.2) is 0 Å². The van der Waals surface area contributed by atoms with E-state index in [1.54, 1.807) is 30.0 Å². The lowest BCUT2D eigenvalue weighted by Crippen LogP contribution is -2.42. The summed E-state index contributed by atoms with van der Waals surface area (Å²) in [5, 5.41) is 19.1. The molecule has 1 aromatic rings. The van der Waals surface area contributed by atoms with Crippen LogP contribution in [0.5, 0.6) is 11.5 Å². The predicted octanol–water partition coefficient (Wildman–Crippen LogP) is 1.39. The number of para-hydroxylation sites is 2. The summed E-state index contributed by atoms with van der Waals surface area (Å²) in [6.45, 7) is 3.03. The summed E-state index contributed by atoms with van der Waals surface area (Å²) < 4.78 is 5.34. The van der Waals surface area contributed by atoms with Gasteiger partial charge in [0.05, 0.1) is 6.10 Å². The van der Waals surface area contributed by atoms with Crippen LogP contribution >= 0.6 is 0 Å². The van der Waals surface area contributed by atoms with Gasteiger partial charge in [0.25, 0.3) is 5.91 Å². The molecule has 1 fully saturated rings. The van der Waals surface area contributed by atoms with E-state index in [9.17, 15) is 15.0 Å². The highest BCUT2D eigenvalue weighted by Gasteiger charge is 2.25. The summed E-state index contributed by atoms with van der Waals surface area (Å²) in [4.78, 5) is 13.8. The zero-order valence-electron chi connectivity index (χ0n) is 11.7. The zero-order chi connectivity index (χ0) is 14.5. The summed E-state index contributed by atoms with van der Waals surface area (Å²) in [5.41, 5.74) is 0. The summed E-state index contributed by atoms with van der Waals surface area (Å²) >= 11 is 0. The average molecular weight is 279 g/mol. The van der Waals surface area contributed by atoms with Gasteiger partial charge in [-0.15, -0.1) is 0 Å². The monoisotopic (exact) mass is 279 g/mol. The highest BCUT2D eigenvalue weighted by molar-refractivity contribution is 5.78. The molecule has 2 rings (SSSR count). The van der Waals surface area contributed by atoms with Crippen LogP contribution < -0.4 is 4.74 Å². The van der Waals surface area contributed by atoms with Crippen molar-refractivity contribution in [2.75, 3.05) is 19.7 Å². The van der Waals surface area contributed by atoms with Crippen LogP contribution in [0.4, 0.5) is 0 Å². The van der Waals surface area contributed by atoms with E-state index in [1.807, 2.05) is 0 Å². The third kappa shape index (κ3) is 3.63. The normalized spacial score (nSPS) is 17.8. The van der Waals surface area contributed by atoms with Gasteiger partial charge < -0.3 is 19.8 Å². The molecule has 0 aliphatic carbocycles. The quantitative estimate of drug-likeness (QED) is 0.874. The van der Waals surface area contributed by atoms with Gasteiger partial charge in [0, 0.05) is 13.1 Å². The largest absolute Gasteiger partial charge is 0.504 e. The first-order valence-electron chi connectivity index (χ1n) is 6.94. The zero-order valence-corrected chi connectivity index (χ0v) is 11.7. The SMILES string of the molecule is CC(O)C1CCN(C(=O)COc2ccccc2O)CC1. The number of aromatic hydroxyl groups is 1. The van der Waals surface area contributed by atoms with Crippen molar-refractivity contribution in [2.24, 2.45) is 5.92 Å². The molecule has 20 heavy (non-hydrogen) atoms. The second kappa shape index (κ2) is 6.61. The topological polar surface area (TPSA) is 70.0 Å². The summed E-state index contributed by atoms with van der Waals surface area (Å²) in [6, 6.07) is 6.59. The molecule has 1 saturated heterocycles. The van der Waals surface area contributed by atoms with Crippen molar-refractivity contribution in [1.29, 1.82) is 0 Å². The number of phenols is 1. The molecule has 0 bridgehead atoms. The molecule has 1 unspecified atom stereocenters. The molecule has 1 aromatic carbocycles. The third-order valence-electron chi connectivity index (χ3n) is 3.79. The number of amides is 1. The number of aliphatic hydroxyl groups is 1. The van der Waals surface area contributed by atoms with Crippen LogP contribution in [-0.4, -0.2) is 46.8 Å². The molecular formula is C15H21NO4. The van der Waals surface area contributed by atoms with E-state index in [4.69, 9.17) is 4.74 Å². The molecule has 0 saturated carbocycles. The molecule has 5 nitrogen and oxygen atoms in total. The van der Waals surface area contributed by atoms with Crippen molar-refractivity contribution in [3.8, 4) is 11.5 Å². The Labute approximate surface area is 118 Å². The highest BCUT2D eigenvalue weighted by Crippen LogP contribution is 2.25. The molecule has 2 N–H and O–H groups in total. The minimum atomic E-state index is -0.315. The lowest BCUT2D eigenvalue weighted by molar-refractivity contribution is -0.135. The Morgan fingerprint density at radius 1 is 1.40 bits per heavy atom. The maximum absolute atomic E-state index is 12.0.